The van der Waals surface area contributed by atoms with Gasteiger partial charge in [0.25, 0.3) is 0 Å². The van der Waals surface area contributed by atoms with Crippen LogP contribution in [0.25, 0.3) is 0 Å². The molecule has 0 bridgehead atoms. The summed E-state index contributed by atoms with van der Waals surface area (Å²) in [6, 6.07) is 3.99. The Labute approximate surface area is 111 Å². The number of carbonyl (C=O) groups is 1. The van der Waals surface area contributed by atoms with Gasteiger partial charge in [-0.05, 0) is 24.1 Å². The molecule has 0 saturated heterocycles. The Morgan fingerprint density at radius 1 is 1.53 bits per heavy atom. The molecular weight excluding hydrogens is 249 g/mol. The molecule has 0 heterocycles. The minimum atomic E-state index is -0.596. The van der Waals surface area contributed by atoms with Gasteiger partial charge >= 0.3 is 6.09 Å². The Bertz CT molecular complexity index is 503. The van der Waals surface area contributed by atoms with Gasteiger partial charge in [-0.15, -0.1) is 0 Å². The van der Waals surface area contributed by atoms with Gasteiger partial charge in [-0.25, -0.2) is 9.18 Å². The van der Waals surface area contributed by atoms with Crippen molar-refractivity contribution in [1.82, 2.24) is 0 Å². The van der Waals surface area contributed by atoms with Crippen LogP contribution in [0.2, 0.25) is 0 Å². The van der Waals surface area contributed by atoms with E-state index < -0.39 is 11.9 Å². The lowest BCUT2D eigenvalue weighted by Crippen LogP contribution is -2.16. The Balaban J connectivity index is 2.71. The van der Waals surface area contributed by atoms with Crippen LogP contribution in [-0.4, -0.2) is 24.4 Å². The predicted octanol–water partition coefficient (Wildman–Crippen LogP) is 2.37. The fourth-order valence-electron chi connectivity index (χ4n) is 1.23. The summed E-state index contributed by atoms with van der Waals surface area (Å²) >= 11 is 0. The van der Waals surface area contributed by atoms with Gasteiger partial charge in [-0.1, -0.05) is 25.7 Å². The van der Waals surface area contributed by atoms with Gasteiger partial charge in [0.2, 0.25) is 0 Å². The standard InChI is InChI=1S/C14H16FNO3/c1-10(2)9-19-14(18)16-12-5-6-13(15)11(8-12)4-3-7-17/h5-6,8,10,17H,7,9H2,1-2H3,(H,16,18). The number of aliphatic hydroxyl groups is 1. The summed E-state index contributed by atoms with van der Waals surface area (Å²) in [5.41, 5.74) is 0.494. The van der Waals surface area contributed by atoms with Crippen LogP contribution in [0.4, 0.5) is 14.9 Å². The topological polar surface area (TPSA) is 58.6 Å². The van der Waals surface area contributed by atoms with E-state index in [0.717, 1.165) is 0 Å². The van der Waals surface area contributed by atoms with E-state index in [1.807, 2.05) is 13.8 Å². The summed E-state index contributed by atoms with van der Waals surface area (Å²) in [6.45, 7) is 3.80. The molecule has 0 atom stereocenters. The zero-order valence-electron chi connectivity index (χ0n) is 10.9. The second-order valence-corrected chi connectivity index (χ2v) is 4.27. The first-order chi connectivity index (χ1) is 9.02. The van der Waals surface area contributed by atoms with Crippen LogP contribution >= 0.6 is 0 Å². The minimum Gasteiger partial charge on any atom is -0.449 e. The molecule has 0 spiro atoms. The molecule has 0 aliphatic carbocycles. The molecule has 0 aliphatic heterocycles. The van der Waals surface area contributed by atoms with Crippen molar-refractivity contribution < 1.29 is 19.0 Å². The summed E-state index contributed by atoms with van der Waals surface area (Å²) < 4.78 is 18.3. The van der Waals surface area contributed by atoms with Gasteiger partial charge in [0.15, 0.2) is 0 Å². The summed E-state index contributed by atoms with van der Waals surface area (Å²) in [7, 11) is 0. The normalized spacial score (nSPS) is 9.74. The van der Waals surface area contributed by atoms with E-state index in [0.29, 0.717) is 12.3 Å². The second kappa shape index (κ2) is 7.39. The predicted molar refractivity (Wildman–Crippen MR) is 70.2 cm³/mol. The van der Waals surface area contributed by atoms with Gasteiger partial charge in [-0.3, -0.25) is 5.32 Å². The quantitative estimate of drug-likeness (QED) is 0.825. The van der Waals surface area contributed by atoms with Gasteiger partial charge in [0.05, 0.1) is 12.2 Å². The maximum atomic E-state index is 13.4. The SMILES string of the molecule is CC(C)COC(=O)Nc1ccc(F)c(C#CCO)c1. The number of anilines is 1. The average molecular weight is 265 g/mol. The van der Waals surface area contributed by atoms with Crippen molar-refractivity contribution >= 4 is 11.8 Å². The number of benzene rings is 1. The molecule has 0 saturated carbocycles. The van der Waals surface area contributed by atoms with Crippen LogP contribution in [-0.2, 0) is 4.74 Å². The van der Waals surface area contributed by atoms with Crippen LogP contribution in [0.15, 0.2) is 18.2 Å². The Kier molecular flexibility index (Phi) is 5.83. The van der Waals surface area contributed by atoms with Crippen molar-refractivity contribution in [3.05, 3.63) is 29.6 Å². The summed E-state index contributed by atoms with van der Waals surface area (Å²) in [4.78, 5) is 11.4. The first-order valence-corrected chi connectivity index (χ1v) is 5.86. The van der Waals surface area contributed by atoms with E-state index in [4.69, 9.17) is 9.84 Å². The second-order valence-electron chi connectivity index (χ2n) is 4.27. The molecule has 1 rings (SSSR count). The molecule has 0 aromatic heterocycles. The molecule has 0 radical (unpaired) electrons. The van der Waals surface area contributed by atoms with Crippen molar-refractivity contribution in [3.8, 4) is 11.8 Å². The van der Waals surface area contributed by atoms with Gasteiger partial charge in [0.1, 0.15) is 12.4 Å². The molecule has 19 heavy (non-hydrogen) atoms. The molecule has 1 amide bonds. The number of halogens is 1. The Morgan fingerprint density at radius 2 is 2.26 bits per heavy atom. The van der Waals surface area contributed by atoms with E-state index in [-0.39, 0.29) is 18.1 Å². The Hall–Kier alpha value is -2.06. The minimum absolute atomic E-state index is 0.107. The molecule has 2 N–H and O–H groups in total. The van der Waals surface area contributed by atoms with Crippen LogP contribution in [0.1, 0.15) is 19.4 Å². The molecule has 5 heteroatoms. The highest BCUT2D eigenvalue weighted by molar-refractivity contribution is 5.84. The molecule has 1 aromatic rings. The molecular formula is C14H16FNO3. The van der Waals surface area contributed by atoms with Crippen molar-refractivity contribution in [3.63, 3.8) is 0 Å². The fraction of sp³-hybridized carbons (Fsp3) is 0.357. The molecule has 0 aliphatic rings. The lowest BCUT2D eigenvalue weighted by atomic mass is 10.2. The number of ether oxygens (including phenoxy) is 1. The van der Waals surface area contributed by atoms with Crippen LogP contribution in [0.3, 0.4) is 0 Å². The van der Waals surface area contributed by atoms with Gasteiger partial charge < -0.3 is 9.84 Å². The Morgan fingerprint density at radius 3 is 2.89 bits per heavy atom. The zero-order valence-corrected chi connectivity index (χ0v) is 10.9. The van der Waals surface area contributed by atoms with Gasteiger partial charge in [-0.2, -0.15) is 0 Å². The molecule has 0 unspecified atom stereocenters. The highest BCUT2D eigenvalue weighted by Gasteiger charge is 2.06. The van der Waals surface area contributed by atoms with Crippen molar-refractivity contribution in [1.29, 1.82) is 0 Å². The highest BCUT2D eigenvalue weighted by Crippen LogP contribution is 2.14. The van der Waals surface area contributed by atoms with Crippen molar-refractivity contribution in [2.24, 2.45) is 5.92 Å². The molecule has 1 aromatic carbocycles. The van der Waals surface area contributed by atoms with Crippen LogP contribution in [0, 0.1) is 23.6 Å². The number of nitrogens with one attached hydrogen (secondary N) is 1. The fourth-order valence-corrected chi connectivity index (χ4v) is 1.23. The summed E-state index contributed by atoms with van der Waals surface area (Å²) in [5.74, 6) is 4.54. The van der Waals surface area contributed by atoms with Crippen LogP contribution in [0.5, 0.6) is 0 Å². The molecule has 102 valence electrons. The smallest absolute Gasteiger partial charge is 0.411 e. The number of rotatable bonds is 3. The third-order valence-corrected chi connectivity index (χ3v) is 2.06. The largest absolute Gasteiger partial charge is 0.449 e. The monoisotopic (exact) mass is 265 g/mol. The average Bonchev–Trinajstić information content (AvgIpc) is 2.37. The first-order valence-electron chi connectivity index (χ1n) is 5.86. The van der Waals surface area contributed by atoms with E-state index in [9.17, 15) is 9.18 Å². The maximum absolute atomic E-state index is 13.4. The maximum Gasteiger partial charge on any atom is 0.411 e. The van der Waals surface area contributed by atoms with Crippen molar-refractivity contribution in [2.45, 2.75) is 13.8 Å². The van der Waals surface area contributed by atoms with E-state index in [2.05, 4.69) is 17.2 Å². The lowest BCUT2D eigenvalue weighted by Gasteiger charge is -2.09. The van der Waals surface area contributed by atoms with E-state index >= 15 is 0 Å². The molecule has 4 nitrogen and oxygen atoms in total. The number of aliphatic hydroxyl groups excluding tert-OH is 1. The zero-order chi connectivity index (χ0) is 14.3. The summed E-state index contributed by atoms with van der Waals surface area (Å²) in [6.07, 6.45) is -0.596. The van der Waals surface area contributed by atoms with Crippen LogP contribution < -0.4 is 5.32 Å². The lowest BCUT2D eigenvalue weighted by molar-refractivity contribution is 0.147. The number of amides is 1. The number of hydrogen-bond donors (Lipinski definition) is 2. The van der Waals surface area contributed by atoms with E-state index in [1.54, 1.807) is 0 Å². The van der Waals surface area contributed by atoms with Crippen molar-refractivity contribution in [2.75, 3.05) is 18.5 Å². The third-order valence-electron chi connectivity index (χ3n) is 2.06. The van der Waals surface area contributed by atoms with Gasteiger partial charge in [0, 0.05) is 5.69 Å². The molecule has 0 fully saturated rings. The number of hydrogen-bond acceptors (Lipinski definition) is 3. The third kappa shape index (κ3) is 5.40. The number of carbonyl (C=O) groups excluding carboxylic acids is 1. The van der Waals surface area contributed by atoms with E-state index in [1.165, 1.54) is 18.2 Å². The highest BCUT2D eigenvalue weighted by atomic mass is 19.1. The first kappa shape index (κ1) is 15.0. The summed E-state index contributed by atoms with van der Waals surface area (Å²) in [5, 5.41) is 11.1.